The Morgan fingerprint density at radius 3 is 2.78 bits per heavy atom. The number of morpholine rings is 1. The molecule has 1 aliphatic rings. The van der Waals surface area contributed by atoms with Crippen LogP contribution in [0.15, 0.2) is 0 Å². The Kier molecular flexibility index (Phi) is 6.60. The smallest absolute Gasteiger partial charge is 0.234 e. The van der Waals surface area contributed by atoms with E-state index in [1.165, 1.54) is 0 Å². The molecule has 5 nitrogen and oxygen atoms in total. The number of nitrogens with zero attached hydrogens (tertiary/aromatic N) is 1. The minimum absolute atomic E-state index is 0.0856. The van der Waals surface area contributed by atoms with Crippen molar-refractivity contribution in [2.24, 2.45) is 5.92 Å². The van der Waals surface area contributed by atoms with Crippen LogP contribution in [0.25, 0.3) is 0 Å². The highest BCUT2D eigenvalue weighted by Gasteiger charge is 2.18. The molecule has 2 N–H and O–H groups in total. The fraction of sp³-hybridized carbons (Fsp3) is 0.923. The van der Waals surface area contributed by atoms with E-state index in [-0.39, 0.29) is 18.1 Å². The summed E-state index contributed by atoms with van der Waals surface area (Å²) in [5.74, 6) is 0.549. The number of carbonyl (C=O) groups is 1. The summed E-state index contributed by atoms with van der Waals surface area (Å²) in [6.07, 6.45) is 0.194. The van der Waals surface area contributed by atoms with Gasteiger partial charge in [-0.2, -0.15) is 0 Å². The Morgan fingerprint density at radius 1 is 1.50 bits per heavy atom. The Bertz CT molecular complexity index is 253. The molecule has 1 amide bonds. The zero-order valence-electron chi connectivity index (χ0n) is 12.0. The molecule has 0 aromatic carbocycles. The van der Waals surface area contributed by atoms with Gasteiger partial charge in [-0.15, -0.1) is 0 Å². The summed E-state index contributed by atoms with van der Waals surface area (Å²) in [6.45, 7) is 10.0. The summed E-state index contributed by atoms with van der Waals surface area (Å²) in [4.78, 5) is 13.8. The van der Waals surface area contributed by atoms with Gasteiger partial charge in [-0.3, -0.25) is 9.69 Å². The summed E-state index contributed by atoms with van der Waals surface area (Å²) in [6, 6.07) is 0.221. The maximum atomic E-state index is 11.8. The molecule has 2 atom stereocenters. The van der Waals surface area contributed by atoms with Crippen LogP contribution in [-0.4, -0.2) is 62.8 Å². The van der Waals surface area contributed by atoms with Crippen molar-refractivity contribution < 1.29 is 9.53 Å². The predicted molar refractivity (Wildman–Crippen MR) is 72.5 cm³/mol. The third-order valence-electron chi connectivity index (χ3n) is 3.32. The second-order valence-corrected chi connectivity index (χ2v) is 5.49. The highest BCUT2D eigenvalue weighted by atomic mass is 16.5. The van der Waals surface area contributed by atoms with Crippen molar-refractivity contribution in [2.75, 3.05) is 39.8 Å². The normalized spacial score (nSPS) is 22.2. The zero-order valence-corrected chi connectivity index (χ0v) is 12.0. The van der Waals surface area contributed by atoms with E-state index in [9.17, 15) is 4.79 Å². The summed E-state index contributed by atoms with van der Waals surface area (Å²) in [5.41, 5.74) is 0. The van der Waals surface area contributed by atoms with Gasteiger partial charge in [0.25, 0.3) is 0 Å². The van der Waals surface area contributed by atoms with Crippen LogP contribution in [0.2, 0.25) is 0 Å². The van der Waals surface area contributed by atoms with Crippen LogP contribution in [0, 0.1) is 5.92 Å². The predicted octanol–water partition coefficient (Wildman–Crippen LogP) is 0.0673. The Hall–Kier alpha value is -0.650. The van der Waals surface area contributed by atoms with Gasteiger partial charge < -0.3 is 15.4 Å². The van der Waals surface area contributed by atoms with Gasteiger partial charge in [0, 0.05) is 25.7 Å². The van der Waals surface area contributed by atoms with Gasteiger partial charge in [-0.25, -0.2) is 0 Å². The van der Waals surface area contributed by atoms with E-state index >= 15 is 0 Å². The molecule has 106 valence electrons. The molecule has 0 spiro atoms. The SMILES string of the molecule is CC(C)C(C)NC(=O)CN(C)CC1CNCCO1. The van der Waals surface area contributed by atoms with E-state index in [0.29, 0.717) is 12.5 Å². The van der Waals surface area contributed by atoms with Crippen LogP contribution in [-0.2, 0) is 9.53 Å². The zero-order chi connectivity index (χ0) is 13.5. The molecular weight excluding hydrogens is 230 g/mol. The lowest BCUT2D eigenvalue weighted by molar-refractivity contribution is -0.123. The van der Waals surface area contributed by atoms with Crippen molar-refractivity contribution >= 4 is 5.91 Å². The summed E-state index contributed by atoms with van der Waals surface area (Å²) >= 11 is 0. The average molecular weight is 257 g/mol. The van der Waals surface area contributed by atoms with Crippen molar-refractivity contribution in [1.82, 2.24) is 15.5 Å². The standard InChI is InChI=1S/C13H27N3O2/c1-10(2)11(3)15-13(17)9-16(4)8-12-7-14-5-6-18-12/h10-12,14H,5-9H2,1-4H3,(H,15,17). The maximum absolute atomic E-state index is 11.8. The van der Waals surface area contributed by atoms with E-state index in [0.717, 1.165) is 26.2 Å². The van der Waals surface area contributed by atoms with Crippen LogP contribution in [0.5, 0.6) is 0 Å². The van der Waals surface area contributed by atoms with Crippen LogP contribution in [0.1, 0.15) is 20.8 Å². The van der Waals surface area contributed by atoms with E-state index < -0.39 is 0 Å². The molecule has 2 unspecified atom stereocenters. The van der Waals surface area contributed by atoms with Crippen molar-refractivity contribution in [2.45, 2.75) is 32.9 Å². The van der Waals surface area contributed by atoms with E-state index in [1.54, 1.807) is 0 Å². The van der Waals surface area contributed by atoms with Crippen molar-refractivity contribution in [1.29, 1.82) is 0 Å². The number of amides is 1. The topological polar surface area (TPSA) is 53.6 Å². The molecule has 0 aromatic rings. The van der Waals surface area contributed by atoms with E-state index in [2.05, 4.69) is 24.5 Å². The second-order valence-electron chi connectivity index (χ2n) is 5.49. The van der Waals surface area contributed by atoms with E-state index in [4.69, 9.17) is 4.74 Å². The fourth-order valence-electron chi connectivity index (χ4n) is 1.86. The van der Waals surface area contributed by atoms with Gasteiger partial charge in [0.1, 0.15) is 0 Å². The summed E-state index contributed by atoms with van der Waals surface area (Å²) in [5, 5.41) is 6.30. The minimum Gasteiger partial charge on any atom is -0.374 e. The Labute approximate surface area is 110 Å². The monoisotopic (exact) mass is 257 g/mol. The van der Waals surface area contributed by atoms with Gasteiger partial charge in [0.15, 0.2) is 0 Å². The van der Waals surface area contributed by atoms with Gasteiger partial charge >= 0.3 is 0 Å². The van der Waals surface area contributed by atoms with Crippen LogP contribution in [0.3, 0.4) is 0 Å². The second kappa shape index (κ2) is 7.71. The lowest BCUT2D eigenvalue weighted by Gasteiger charge is -2.28. The first-order valence-corrected chi connectivity index (χ1v) is 6.79. The first-order chi connectivity index (χ1) is 8.49. The number of ether oxygens (including phenoxy) is 1. The molecule has 1 fully saturated rings. The van der Waals surface area contributed by atoms with Crippen molar-refractivity contribution in [3.8, 4) is 0 Å². The van der Waals surface area contributed by atoms with Crippen LogP contribution >= 0.6 is 0 Å². The third kappa shape index (κ3) is 5.80. The molecule has 0 bridgehead atoms. The molecule has 1 saturated heterocycles. The molecule has 1 rings (SSSR count). The number of carbonyl (C=O) groups excluding carboxylic acids is 1. The van der Waals surface area contributed by atoms with Crippen LogP contribution < -0.4 is 10.6 Å². The van der Waals surface area contributed by atoms with Gasteiger partial charge in [-0.05, 0) is 19.9 Å². The van der Waals surface area contributed by atoms with Crippen molar-refractivity contribution in [3.05, 3.63) is 0 Å². The number of nitrogens with one attached hydrogen (secondary N) is 2. The van der Waals surface area contributed by atoms with Crippen LogP contribution in [0.4, 0.5) is 0 Å². The molecule has 0 aliphatic carbocycles. The first kappa shape index (κ1) is 15.4. The molecule has 1 aliphatic heterocycles. The number of hydrogen-bond donors (Lipinski definition) is 2. The maximum Gasteiger partial charge on any atom is 0.234 e. The summed E-state index contributed by atoms with van der Waals surface area (Å²) < 4.78 is 5.61. The van der Waals surface area contributed by atoms with E-state index in [1.807, 2.05) is 18.9 Å². The molecule has 5 heteroatoms. The summed E-state index contributed by atoms with van der Waals surface area (Å²) in [7, 11) is 1.96. The lowest BCUT2D eigenvalue weighted by atomic mass is 10.1. The minimum atomic E-state index is 0.0856. The van der Waals surface area contributed by atoms with Gasteiger partial charge in [-0.1, -0.05) is 13.8 Å². The number of likely N-dealkylation sites (N-methyl/N-ethyl adjacent to an activating group) is 1. The lowest BCUT2D eigenvalue weighted by Crippen LogP contribution is -2.47. The Balaban J connectivity index is 2.22. The number of rotatable bonds is 6. The van der Waals surface area contributed by atoms with Gasteiger partial charge in [0.2, 0.25) is 5.91 Å². The molecule has 18 heavy (non-hydrogen) atoms. The first-order valence-electron chi connectivity index (χ1n) is 6.79. The average Bonchev–Trinajstić information content (AvgIpc) is 2.29. The fourth-order valence-corrected chi connectivity index (χ4v) is 1.86. The van der Waals surface area contributed by atoms with Crippen molar-refractivity contribution in [3.63, 3.8) is 0 Å². The largest absolute Gasteiger partial charge is 0.374 e. The molecular formula is C13H27N3O2. The quantitative estimate of drug-likeness (QED) is 0.707. The third-order valence-corrected chi connectivity index (χ3v) is 3.32. The molecule has 0 radical (unpaired) electrons. The molecule has 0 aromatic heterocycles. The molecule has 1 heterocycles. The highest BCUT2D eigenvalue weighted by molar-refractivity contribution is 5.78. The molecule has 0 saturated carbocycles. The number of hydrogen-bond acceptors (Lipinski definition) is 4. The Morgan fingerprint density at radius 2 is 2.22 bits per heavy atom. The highest BCUT2D eigenvalue weighted by Crippen LogP contribution is 2.01. The van der Waals surface area contributed by atoms with Gasteiger partial charge in [0.05, 0.1) is 19.3 Å².